The predicted molar refractivity (Wildman–Crippen MR) is 224 cm³/mol. The van der Waals surface area contributed by atoms with Crippen LogP contribution in [0.25, 0.3) is 33.9 Å². The van der Waals surface area contributed by atoms with E-state index in [9.17, 15) is 4.79 Å². The molecule has 4 N–H and O–H groups in total. The van der Waals surface area contributed by atoms with E-state index in [1.807, 2.05) is 85.2 Å². The van der Waals surface area contributed by atoms with Crippen LogP contribution in [0.4, 0.5) is 27.5 Å². The minimum absolute atomic E-state index is 0.337. The average molecular weight is 751 g/mol. The number of nitrogens with zero attached hydrogens (tertiary/aromatic N) is 8. The van der Waals surface area contributed by atoms with E-state index in [1.165, 1.54) is 51.9 Å². The Bertz CT molecular complexity index is 2010. The van der Waals surface area contributed by atoms with Gasteiger partial charge in [-0.05, 0) is 138 Å². The maximum absolute atomic E-state index is 12.9. The standard InChI is InChI=1S/C43H50N12O/c56-43(46-35-17-13-33(14-18-35)41-31-54(50-48-41)39-11-5-9-37(29-39)44-21-7-27-52-23-1-2-24-52)47-36-19-15-34(16-20-36)42-32-55(51-49-42)40-12-6-10-38(30-40)45-22-8-28-53-25-3-4-26-53/h5-6,9-20,29-32,44-45H,1-4,7-8,21-28H2,(H2,46,47,56). The molecule has 0 saturated carbocycles. The van der Waals surface area contributed by atoms with Crippen LogP contribution in [0.15, 0.2) is 109 Å². The highest BCUT2D eigenvalue weighted by Gasteiger charge is 2.13. The lowest BCUT2D eigenvalue weighted by molar-refractivity contribution is 0.262. The Morgan fingerprint density at radius 3 is 1.39 bits per heavy atom. The van der Waals surface area contributed by atoms with Crippen molar-refractivity contribution >= 4 is 28.8 Å². The normalized spacial score (nSPS) is 14.6. The molecule has 4 aromatic carbocycles. The summed E-state index contributed by atoms with van der Waals surface area (Å²) in [6.07, 6.45) is 11.4. The van der Waals surface area contributed by atoms with Gasteiger partial charge in [0, 0.05) is 47.0 Å². The highest BCUT2D eigenvalue weighted by atomic mass is 16.2. The van der Waals surface area contributed by atoms with Gasteiger partial charge in [0.05, 0.1) is 23.8 Å². The molecule has 288 valence electrons. The van der Waals surface area contributed by atoms with Crippen molar-refractivity contribution in [3.63, 3.8) is 0 Å². The Hall–Kier alpha value is -6.05. The Morgan fingerprint density at radius 1 is 0.536 bits per heavy atom. The van der Waals surface area contributed by atoms with Gasteiger partial charge < -0.3 is 31.1 Å². The summed E-state index contributed by atoms with van der Waals surface area (Å²) >= 11 is 0. The summed E-state index contributed by atoms with van der Waals surface area (Å²) in [7, 11) is 0. The quantitative estimate of drug-likeness (QED) is 0.0738. The Labute approximate surface area is 328 Å². The first-order valence-electron chi connectivity index (χ1n) is 19.9. The summed E-state index contributed by atoms with van der Waals surface area (Å²) in [4.78, 5) is 17.9. The Balaban J connectivity index is 0.800. The average Bonchev–Trinajstić information content (AvgIpc) is 4.08. The van der Waals surface area contributed by atoms with Gasteiger partial charge in [-0.25, -0.2) is 14.2 Å². The first kappa shape index (κ1) is 36.9. The van der Waals surface area contributed by atoms with Crippen LogP contribution in [0.5, 0.6) is 0 Å². The molecule has 4 heterocycles. The lowest BCUT2D eigenvalue weighted by atomic mass is 10.1. The van der Waals surface area contributed by atoms with Crippen LogP contribution in [0, 0.1) is 0 Å². The zero-order chi connectivity index (χ0) is 37.9. The molecule has 0 aliphatic carbocycles. The van der Waals surface area contributed by atoms with Crippen molar-refractivity contribution < 1.29 is 4.79 Å². The molecular formula is C43H50N12O. The van der Waals surface area contributed by atoms with Crippen LogP contribution in [-0.4, -0.2) is 98.2 Å². The van der Waals surface area contributed by atoms with Crippen LogP contribution < -0.4 is 21.3 Å². The van der Waals surface area contributed by atoms with Gasteiger partial charge in [-0.1, -0.05) is 46.8 Å². The SMILES string of the molecule is O=C(Nc1ccc(-c2cn(-c3cccc(NCCCN4CCCC4)c3)nn2)cc1)Nc1ccc(-c2cn(-c3cccc(NCCCN4CCCC4)c3)nn2)cc1. The number of carbonyl (C=O) groups excluding carboxylic acids is 1. The summed E-state index contributed by atoms with van der Waals surface area (Å²) in [5.74, 6) is 0. The van der Waals surface area contributed by atoms with Crippen LogP contribution in [0.3, 0.4) is 0 Å². The van der Waals surface area contributed by atoms with Crippen LogP contribution >= 0.6 is 0 Å². The largest absolute Gasteiger partial charge is 0.385 e. The zero-order valence-electron chi connectivity index (χ0n) is 31.8. The molecular weight excluding hydrogens is 701 g/mol. The monoisotopic (exact) mass is 750 g/mol. The molecule has 0 spiro atoms. The predicted octanol–water partition coefficient (Wildman–Crippen LogP) is 7.62. The van der Waals surface area contributed by atoms with Gasteiger partial charge in [-0.2, -0.15) is 0 Å². The minimum Gasteiger partial charge on any atom is -0.385 e. The van der Waals surface area contributed by atoms with E-state index in [2.05, 4.69) is 76.0 Å². The molecule has 13 nitrogen and oxygen atoms in total. The van der Waals surface area contributed by atoms with Crippen molar-refractivity contribution in [3.05, 3.63) is 109 Å². The molecule has 2 amide bonds. The molecule has 0 unspecified atom stereocenters. The molecule has 13 heteroatoms. The second-order valence-electron chi connectivity index (χ2n) is 14.6. The fourth-order valence-electron chi connectivity index (χ4n) is 7.39. The van der Waals surface area contributed by atoms with Crippen molar-refractivity contribution in [2.45, 2.75) is 38.5 Å². The number of hydrogen-bond donors (Lipinski definition) is 4. The van der Waals surface area contributed by atoms with E-state index in [0.717, 1.165) is 84.3 Å². The molecule has 2 aromatic heterocycles. The number of anilines is 4. The molecule has 8 rings (SSSR count). The van der Waals surface area contributed by atoms with Gasteiger partial charge in [0.15, 0.2) is 0 Å². The Kier molecular flexibility index (Phi) is 11.9. The van der Waals surface area contributed by atoms with Crippen LogP contribution in [0.2, 0.25) is 0 Å². The fourth-order valence-corrected chi connectivity index (χ4v) is 7.39. The molecule has 0 radical (unpaired) electrons. The third kappa shape index (κ3) is 9.78. The molecule has 2 aliphatic rings. The number of aromatic nitrogens is 6. The third-order valence-electron chi connectivity index (χ3n) is 10.4. The number of likely N-dealkylation sites (tertiary alicyclic amines) is 2. The van der Waals surface area contributed by atoms with Crippen molar-refractivity contribution in [1.82, 2.24) is 39.8 Å². The van der Waals surface area contributed by atoms with Crippen molar-refractivity contribution in [1.29, 1.82) is 0 Å². The number of carbonyl (C=O) groups is 1. The maximum atomic E-state index is 12.9. The van der Waals surface area contributed by atoms with Crippen molar-refractivity contribution in [2.75, 3.05) is 73.6 Å². The third-order valence-corrected chi connectivity index (χ3v) is 10.4. The molecule has 2 saturated heterocycles. The fraction of sp³-hybridized carbons (Fsp3) is 0.326. The number of hydrogen-bond acceptors (Lipinski definition) is 9. The Morgan fingerprint density at radius 2 is 0.964 bits per heavy atom. The van der Waals surface area contributed by atoms with Crippen LogP contribution in [-0.2, 0) is 0 Å². The van der Waals surface area contributed by atoms with E-state index in [4.69, 9.17) is 0 Å². The first-order chi connectivity index (χ1) is 27.6. The van der Waals surface area contributed by atoms with Gasteiger partial charge in [0.2, 0.25) is 0 Å². The second-order valence-corrected chi connectivity index (χ2v) is 14.6. The molecule has 2 aliphatic heterocycles. The first-order valence-corrected chi connectivity index (χ1v) is 19.9. The van der Waals surface area contributed by atoms with E-state index in [-0.39, 0.29) is 6.03 Å². The van der Waals surface area contributed by atoms with Crippen molar-refractivity contribution in [2.24, 2.45) is 0 Å². The van der Waals surface area contributed by atoms with E-state index in [1.54, 1.807) is 9.36 Å². The van der Waals surface area contributed by atoms with Crippen molar-refractivity contribution in [3.8, 4) is 33.9 Å². The van der Waals surface area contributed by atoms with E-state index in [0.29, 0.717) is 11.4 Å². The number of rotatable bonds is 16. The molecule has 0 atom stereocenters. The topological polar surface area (TPSA) is 133 Å². The summed E-state index contributed by atoms with van der Waals surface area (Å²) in [6.45, 7) is 9.10. The minimum atomic E-state index is -0.337. The number of urea groups is 1. The smallest absolute Gasteiger partial charge is 0.323 e. The maximum Gasteiger partial charge on any atom is 0.323 e. The number of amides is 2. The second kappa shape index (κ2) is 18.1. The molecule has 6 aromatic rings. The lowest BCUT2D eigenvalue weighted by Gasteiger charge is -2.14. The van der Waals surface area contributed by atoms with Crippen LogP contribution in [0.1, 0.15) is 38.5 Å². The molecule has 0 bridgehead atoms. The summed E-state index contributed by atoms with van der Waals surface area (Å²) in [6, 6.07) is 31.2. The summed E-state index contributed by atoms with van der Waals surface area (Å²) < 4.78 is 3.57. The van der Waals surface area contributed by atoms with Gasteiger partial charge in [-0.15, -0.1) is 10.2 Å². The molecule has 2 fully saturated rings. The summed E-state index contributed by atoms with van der Waals surface area (Å²) in [5, 5.41) is 30.5. The van der Waals surface area contributed by atoms with Gasteiger partial charge >= 0.3 is 6.03 Å². The van der Waals surface area contributed by atoms with E-state index >= 15 is 0 Å². The lowest BCUT2D eigenvalue weighted by Crippen LogP contribution is -2.22. The highest BCUT2D eigenvalue weighted by Crippen LogP contribution is 2.24. The van der Waals surface area contributed by atoms with E-state index < -0.39 is 0 Å². The van der Waals surface area contributed by atoms with Gasteiger partial charge in [0.25, 0.3) is 0 Å². The van der Waals surface area contributed by atoms with Gasteiger partial charge in [-0.3, -0.25) is 0 Å². The highest BCUT2D eigenvalue weighted by molar-refractivity contribution is 6.00. The molecule has 56 heavy (non-hydrogen) atoms. The zero-order valence-corrected chi connectivity index (χ0v) is 31.8. The van der Waals surface area contributed by atoms with Gasteiger partial charge in [0.1, 0.15) is 11.4 Å². The number of benzene rings is 4. The summed E-state index contributed by atoms with van der Waals surface area (Å²) in [5.41, 5.74) is 8.64. The number of nitrogens with one attached hydrogen (secondary N) is 4.